The van der Waals surface area contributed by atoms with Crippen molar-refractivity contribution in [3.63, 3.8) is 0 Å². The van der Waals surface area contributed by atoms with Gasteiger partial charge >= 0.3 is 5.97 Å². The van der Waals surface area contributed by atoms with E-state index in [4.69, 9.17) is 9.52 Å². The van der Waals surface area contributed by atoms with Crippen molar-refractivity contribution in [1.29, 1.82) is 0 Å². The molecule has 0 aliphatic carbocycles. The number of hydrogen-bond donors (Lipinski definition) is 2. The predicted octanol–water partition coefficient (Wildman–Crippen LogP) is 0.186. The van der Waals surface area contributed by atoms with Gasteiger partial charge in [-0.3, -0.25) is 9.59 Å². The van der Waals surface area contributed by atoms with Gasteiger partial charge in [-0.15, -0.1) is 0 Å². The van der Waals surface area contributed by atoms with Crippen molar-refractivity contribution in [2.75, 3.05) is 0 Å². The van der Waals surface area contributed by atoms with Gasteiger partial charge in [0, 0.05) is 6.92 Å². The molecule has 0 radical (unpaired) electrons. The van der Waals surface area contributed by atoms with Gasteiger partial charge in [0.2, 0.25) is 5.76 Å². The summed E-state index contributed by atoms with van der Waals surface area (Å²) in [6, 6.07) is -0.951. The molecule has 0 fully saturated rings. The van der Waals surface area contributed by atoms with Crippen LogP contribution >= 0.6 is 0 Å². The number of aromatic nitrogens is 1. The van der Waals surface area contributed by atoms with Crippen LogP contribution in [-0.4, -0.2) is 28.0 Å². The first-order valence-electron chi connectivity index (χ1n) is 3.97. The van der Waals surface area contributed by atoms with Crippen molar-refractivity contribution < 1.29 is 19.1 Å². The lowest BCUT2D eigenvalue weighted by molar-refractivity contribution is -0.138. The van der Waals surface area contributed by atoms with Crippen molar-refractivity contribution in [2.45, 2.75) is 19.9 Å². The van der Waals surface area contributed by atoms with Crippen LogP contribution in [-0.2, 0) is 4.79 Å². The number of carboxylic acids is 1. The summed E-state index contributed by atoms with van der Waals surface area (Å²) in [4.78, 5) is 25.4. The fourth-order valence-corrected chi connectivity index (χ4v) is 0.796. The lowest BCUT2D eigenvalue weighted by atomic mass is 10.3. The largest absolute Gasteiger partial charge is 0.480 e. The number of nitrogens with one attached hydrogen (secondary N) is 1. The second-order valence-electron chi connectivity index (χ2n) is 2.78. The van der Waals surface area contributed by atoms with Gasteiger partial charge in [0.15, 0.2) is 5.89 Å². The number of hydrogen-bond acceptors (Lipinski definition) is 4. The Morgan fingerprint density at radius 1 is 1.64 bits per heavy atom. The van der Waals surface area contributed by atoms with E-state index >= 15 is 0 Å². The normalized spacial score (nSPS) is 12.1. The van der Waals surface area contributed by atoms with Crippen LogP contribution in [0.25, 0.3) is 0 Å². The molecule has 0 unspecified atom stereocenters. The molecule has 76 valence electrons. The number of rotatable bonds is 3. The number of oxazole rings is 1. The topological polar surface area (TPSA) is 92.4 Å². The number of nitrogens with zero attached hydrogens (tertiary/aromatic N) is 1. The standard InChI is InChI=1S/C8H10N2O4/c1-4(8(12)13)10-7(11)6-3-9-5(2)14-6/h3-4H,1-2H3,(H,10,11)(H,12,13)/t4-/m0/s1. The Kier molecular flexibility index (Phi) is 2.85. The summed E-state index contributed by atoms with van der Waals surface area (Å²) in [6.07, 6.45) is 1.25. The van der Waals surface area contributed by atoms with Crippen molar-refractivity contribution >= 4 is 11.9 Å². The molecule has 1 rings (SSSR count). The van der Waals surface area contributed by atoms with Crippen molar-refractivity contribution in [2.24, 2.45) is 0 Å². The third-order valence-electron chi connectivity index (χ3n) is 1.56. The van der Waals surface area contributed by atoms with Crippen LogP contribution in [0.15, 0.2) is 10.6 Å². The van der Waals surface area contributed by atoms with Crippen LogP contribution in [0.2, 0.25) is 0 Å². The maximum absolute atomic E-state index is 11.3. The Morgan fingerprint density at radius 2 is 2.29 bits per heavy atom. The Labute approximate surface area is 79.9 Å². The van der Waals surface area contributed by atoms with Gasteiger partial charge in [-0.05, 0) is 6.92 Å². The molecule has 0 aliphatic rings. The third-order valence-corrected chi connectivity index (χ3v) is 1.56. The molecule has 0 saturated heterocycles. The van der Waals surface area contributed by atoms with Crippen molar-refractivity contribution in [1.82, 2.24) is 10.3 Å². The van der Waals surface area contributed by atoms with Crippen molar-refractivity contribution in [3.8, 4) is 0 Å². The summed E-state index contributed by atoms with van der Waals surface area (Å²) in [5.74, 6) is -1.32. The molecule has 6 heteroatoms. The van der Waals surface area contributed by atoms with Crippen molar-refractivity contribution in [3.05, 3.63) is 17.8 Å². The van der Waals surface area contributed by atoms with Gasteiger partial charge in [-0.1, -0.05) is 0 Å². The van der Waals surface area contributed by atoms with Gasteiger partial charge in [0.1, 0.15) is 6.04 Å². The number of aliphatic carboxylic acids is 1. The van der Waals surface area contributed by atoms with Gasteiger partial charge in [-0.25, -0.2) is 4.98 Å². The Morgan fingerprint density at radius 3 is 2.71 bits per heavy atom. The average molecular weight is 198 g/mol. The molecular formula is C8H10N2O4. The van der Waals surface area contributed by atoms with Crippen LogP contribution in [0.5, 0.6) is 0 Å². The highest BCUT2D eigenvalue weighted by Gasteiger charge is 2.17. The van der Waals surface area contributed by atoms with Crippen LogP contribution in [0.3, 0.4) is 0 Å². The Balaban J connectivity index is 2.63. The number of amides is 1. The fourth-order valence-electron chi connectivity index (χ4n) is 0.796. The summed E-state index contributed by atoms with van der Waals surface area (Å²) >= 11 is 0. The van der Waals surface area contributed by atoms with E-state index in [-0.39, 0.29) is 5.76 Å². The number of carbonyl (C=O) groups excluding carboxylic acids is 1. The zero-order chi connectivity index (χ0) is 10.7. The highest BCUT2D eigenvalue weighted by molar-refractivity contribution is 5.93. The second-order valence-corrected chi connectivity index (χ2v) is 2.78. The van der Waals surface area contributed by atoms with E-state index < -0.39 is 17.9 Å². The molecule has 0 saturated carbocycles. The van der Waals surface area contributed by atoms with Gasteiger partial charge < -0.3 is 14.8 Å². The van der Waals surface area contributed by atoms with E-state index in [9.17, 15) is 9.59 Å². The minimum absolute atomic E-state index is 0.00981. The van der Waals surface area contributed by atoms with Gasteiger partial charge in [0.05, 0.1) is 6.20 Å². The molecule has 1 heterocycles. The highest BCUT2D eigenvalue weighted by atomic mass is 16.4. The van der Waals surface area contributed by atoms with E-state index in [1.807, 2.05) is 0 Å². The van der Waals surface area contributed by atoms with E-state index in [0.717, 1.165) is 0 Å². The summed E-state index contributed by atoms with van der Waals surface area (Å²) in [5.41, 5.74) is 0. The molecule has 1 aromatic heterocycles. The summed E-state index contributed by atoms with van der Waals surface area (Å²) in [5, 5.41) is 10.8. The van der Waals surface area contributed by atoms with Crippen LogP contribution < -0.4 is 5.32 Å². The fraction of sp³-hybridized carbons (Fsp3) is 0.375. The first kappa shape index (κ1) is 10.2. The first-order chi connectivity index (χ1) is 6.50. The zero-order valence-electron chi connectivity index (χ0n) is 7.77. The SMILES string of the molecule is Cc1ncc(C(=O)N[C@@H](C)C(=O)O)o1. The quantitative estimate of drug-likeness (QED) is 0.723. The number of carbonyl (C=O) groups is 2. The zero-order valence-corrected chi connectivity index (χ0v) is 7.77. The molecule has 6 nitrogen and oxygen atoms in total. The molecule has 1 amide bonds. The minimum Gasteiger partial charge on any atom is -0.480 e. The van der Waals surface area contributed by atoms with E-state index in [0.29, 0.717) is 5.89 Å². The summed E-state index contributed by atoms with van der Waals surface area (Å²) in [7, 11) is 0. The van der Waals surface area contributed by atoms with E-state index in [2.05, 4.69) is 10.3 Å². The monoisotopic (exact) mass is 198 g/mol. The average Bonchev–Trinajstić information content (AvgIpc) is 2.51. The van der Waals surface area contributed by atoms with Crippen LogP contribution in [0.1, 0.15) is 23.4 Å². The molecule has 1 atom stereocenters. The van der Waals surface area contributed by atoms with Gasteiger partial charge in [0.25, 0.3) is 5.91 Å². The molecule has 2 N–H and O–H groups in total. The Hall–Kier alpha value is -1.85. The third kappa shape index (κ3) is 2.32. The number of aryl methyl sites for hydroxylation is 1. The lowest BCUT2D eigenvalue weighted by Crippen LogP contribution is -2.38. The summed E-state index contributed by atoms with van der Waals surface area (Å²) < 4.78 is 4.91. The smallest absolute Gasteiger partial charge is 0.325 e. The molecular weight excluding hydrogens is 188 g/mol. The Bertz CT molecular complexity index is 358. The molecule has 0 bridgehead atoms. The van der Waals surface area contributed by atoms with Crippen LogP contribution in [0, 0.1) is 6.92 Å². The summed E-state index contributed by atoms with van der Waals surface area (Å²) in [6.45, 7) is 2.96. The molecule has 0 aliphatic heterocycles. The second kappa shape index (κ2) is 3.91. The van der Waals surface area contributed by atoms with E-state index in [1.54, 1.807) is 6.92 Å². The first-order valence-corrected chi connectivity index (χ1v) is 3.97. The maximum Gasteiger partial charge on any atom is 0.325 e. The minimum atomic E-state index is -1.10. The van der Waals surface area contributed by atoms with E-state index in [1.165, 1.54) is 13.1 Å². The molecule has 0 spiro atoms. The lowest BCUT2D eigenvalue weighted by Gasteiger charge is -2.06. The molecule has 0 aromatic carbocycles. The molecule has 14 heavy (non-hydrogen) atoms. The maximum atomic E-state index is 11.3. The predicted molar refractivity (Wildman–Crippen MR) is 45.8 cm³/mol. The number of carboxylic acid groups (broad SMARTS) is 1. The van der Waals surface area contributed by atoms with Gasteiger partial charge in [-0.2, -0.15) is 0 Å². The van der Waals surface area contributed by atoms with Crippen LogP contribution in [0.4, 0.5) is 0 Å². The molecule has 1 aromatic rings. The highest BCUT2D eigenvalue weighted by Crippen LogP contribution is 2.01.